The van der Waals surface area contributed by atoms with E-state index in [9.17, 15) is 8.78 Å². The van der Waals surface area contributed by atoms with Crippen LogP contribution in [-0.2, 0) is 12.8 Å². The first-order valence-electron chi connectivity index (χ1n) is 14.3. The zero-order valence-electron chi connectivity index (χ0n) is 22.4. The molecule has 0 heterocycles. The summed E-state index contributed by atoms with van der Waals surface area (Å²) in [7, 11) is 0. The second kappa shape index (κ2) is 15.6. The maximum Gasteiger partial charge on any atom is 0.166 e. The molecule has 194 valence electrons. The Labute approximate surface area is 218 Å². The molecule has 0 fully saturated rings. The molecule has 0 aromatic heterocycles. The van der Waals surface area contributed by atoms with E-state index >= 15 is 0 Å². The molecule has 0 amide bonds. The summed E-state index contributed by atoms with van der Waals surface area (Å²) < 4.78 is 29.7. The van der Waals surface area contributed by atoms with E-state index in [1.54, 1.807) is 12.1 Å². The van der Waals surface area contributed by atoms with Crippen molar-refractivity contribution in [2.45, 2.75) is 104 Å². The molecule has 3 aromatic carbocycles. The molecule has 0 saturated heterocycles. The van der Waals surface area contributed by atoms with Gasteiger partial charge in [-0.25, -0.2) is 8.78 Å². The molecule has 0 unspecified atom stereocenters. The van der Waals surface area contributed by atoms with E-state index in [0.717, 1.165) is 30.4 Å². The van der Waals surface area contributed by atoms with Crippen molar-refractivity contribution in [3.63, 3.8) is 0 Å². The lowest BCUT2D eigenvalue weighted by atomic mass is 9.96. The van der Waals surface area contributed by atoms with Crippen molar-refractivity contribution >= 4 is 0 Å². The average molecular weight is 491 g/mol. The van der Waals surface area contributed by atoms with E-state index in [1.165, 1.54) is 69.8 Å². The monoisotopic (exact) mass is 490 g/mol. The molecule has 0 atom stereocenters. The summed E-state index contributed by atoms with van der Waals surface area (Å²) in [6, 6.07) is 20.0. The zero-order chi connectivity index (χ0) is 25.6. The highest BCUT2D eigenvalue weighted by Crippen LogP contribution is 2.30. The molecule has 3 rings (SSSR count). The quantitative estimate of drug-likeness (QED) is 0.175. The van der Waals surface area contributed by atoms with Gasteiger partial charge >= 0.3 is 0 Å². The maximum atomic E-state index is 14.9. The Morgan fingerprint density at radius 3 is 1.50 bits per heavy atom. The maximum absolute atomic E-state index is 14.9. The molecule has 3 aromatic rings. The summed E-state index contributed by atoms with van der Waals surface area (Å²) >= 11 is 0. The van der Waals surface area contributed by atoms with Crippen molar-refractivity contribution in [1.82, 2.24) is 0 Å². The van der Waals surface area contributed by atoms with Gasteiger partial charge in [0.05, 0.1) is 0 Å². The molecule has 0 radical (unpaired) electrons. The van der Waals surface area contributed by atoms with Crippen LogP contribution in [0.4, 0.5) is 8.78 Å². The molecule has 36 heavy (non-hydrogen) atoms. The summed E-state index contributed by atoms with van der Waals surface area (Å²) in [4.78, 5) is 0. The molecule has 2 heteroatoms. The molecule has 0 N–H and O–H groups in total. The Kier molecular flexibility index (Phi) is 12.2. The number of hydrogen-bond donors (Lipinski definition) is 0. The van der Waals surface area contributed by atoms with Crippen LogP contribution in [0.1, 0.15) is 102 Å². The van der Waals surface area contributed by atoms with Gasteiger partial charge in [0.25, 0.3) is 0 Å². The average Bonchev–Trinajstić information content (AvgIpc) is 2.91. The van der Waals surface area contributed by atoms with Gasteiger partial charge in [-0.1, -0.05) is 139 Å². The Hall–Kier alpha value is -2.48. The molecule has 0 bridgehead atoms. The Morgan fingerprint density at radius 2 is 0.917 bits per heavy atom. The zero-order valence-corrected chi connectivity index (χ0v) is 22.4. The Balaban J connectivity index is 1.55. The number of rotatable bonds is 16. The lowest BCUT2D eigenvalue weighted by molar-refractivity contribution is 0.497. The van der Waals surface area contributed by atoms with Gasteiger partial charge < -0.3 is 0 Å². The van der Waals surface area contributed by atoms with E-state index in [1.807, 2.05) is 24.3 Å². The molecule has 0 nitrogen and oxygen atoms in total. The van der Waals surface area contributed by atoms with Gasteiger partial charge in [-0.3, -0.25) is 0 Å². The fourth-order valence-corrected chi connectivity index (χ4v) is 4.92. The molecule has 0 aliphatic heterocycles. The lowest BCUT2D eigenvalue weighted by Crippen LogP contribution is -1.98. The van der Waals surface area contributed by atoms with Gasteiger partial charge in [-0.15, -0.1) is 0 Å². The molecule has 0 aliphatic carbocycles. The topological polar surface area (TPSA) is 0 Å². The van der Waals surface area contributed by atoms with E-state index in [-0.39, 0.29) is 0 Å². The number of benzene rings is 3. The minimum atomic E-state index is -0.731. The van der Waals surface area contributed by atoms with Crippen molar-refractivity contribution in [1.29, 1.82) is 0 Å². The van der Waals surface area contributed by atoms with Gasteiger partial charge in [0.1, 0.15) is 0 Å². The minimum Gasteiger partial charge on any atom is -0.203 e. The first-order chi connectivity index (χ1) is 17.6. The van der Waals surface area contributed by atoms with E-state index in [4.69, 9.17) is 0 Å². The van der Waals surface area contributed by atoms with Crippen LogP contribution in [0.2, 0.25) is 0 Å². The summed E-state index contributed by atoms with van der Waals surface area (Å²) in [6.45, 7) is 4.45. The molecular formula is C34H44F2. The van der Waals surface area contributed by atoms with Gasteiger partial charge in [-0.05, 0) is 53.5 Å². The Morgan fingerprint density at radius 1 is 0.444 bits per heavy atom. The van der Waals surface area contributed by atoms with Crippen molar-refractivity contribution in [3.8, 4) is 22.3 Å². The van der Waals surface area contributed by atoms with Gasteiger partial charge in [0, 0.05) is 5.56 Å². The van der Waals surface area contributed by atoms with Crippen LogP contribution >= 0.6 is 0 Å². The van der Waals surface area contributed by atoms with Crippen LogP contribution in [0.3, 0.4) is 0 Å². The van der Waals surface area contributed by atoms with Gasteiger partial charge in [0.2, 0.25) is 0 Å². The van der Waals surface area contributed by atoms with Crippen LogP contribution in [0.15, 0.2) is 60.7 Å². The molecule has 0 aliphatic rings. The third kappa shape index (κ3) is 8.57. The second-order valence-corrected chi connectivity index (χ2v) is 10.2. The lowest BCUT2D eigenvalue weighted by Gasteiger charge is -2.10. The fourth-order valence-electron chi connectivity index (χ4n) is 4.92. The SMILES string of the molecule is CCCCCCCCc1ccc(-c2ccc(-c3ccc(CCCCCCCC)c(F)c3F)cc2)cc1. The summed E-state index contributed by atoms with van der Waals surface area (Å²) in [6.07, 6.45) is 16.5. The summed E-state index contributed by atoms with van der Waals surface area (Å²) in [5, 5.41) is 0. The van der Waals surface area contributed by atoms with Crippen LogP contribution in [0.25, 0.3) is 22.3 Å². The smallest absolute Gasteiger partial charge is 0.166 e. The minimum absolute atomic E-state index is 0.333. The van der Waals surface area contributed by atoms with E-state index in [2.05, 4.69) is 38.1 Å². The fraction of sp³-hybridized carbons (Fsp3) is 0.471. The van der Waals surface area contributed by atoms with Gasteiger partial charge in [0.15, 0.2) is 11.6 Å². The number of halogens is 2. The summed E-state index contributed by atoms with van der Waals surface area (Å²) in [5.74, 6) is -1.42. The predicted molar refractivity (Wildman–Crippen MR) is 151 cm³/mol. The molecule has 0 saturated carbocycles. The van der Waals surface area contributed by atoms with Crippen LogP contribution in [0.5, 0.6) is 0 Å². The van der Waals surface area contributed by atoms with Crippen molar-refractivity contribution in [2.75, 3.05) is 0 Å². The first kappa shape index (κ1) is 28.1. The first-order valence-corrected chi connectivity index (χ1v) is 14.3. The standard InChI is InChI=1S/C34H44F2/c1-3-5-7-9-11-13-15-27-17-19-28(20-18-27)29-21-23-30(24-22-29)32-26-25-31(33(35)34(32)36)16-14-12-10-8-6-4-2/h17-26H,3-16H2,1-2H3. The highest BCUT2D eigenvalue weighted by Gasteiger charge is 2.14. The number of hydrogen-bond acceptors (Lipinski definition) is 0. The van der Waals surface area contributed by atoms with Crippen molar-refractivity contribution in [3.05, 3.63) is 83.4 Å². The summed E-state index contributed by atoms with van der Waals surface area (Å²) in [5.41, 5.74) is 5.15. The number of unbranched alkanes of at least 4 members (excludes halogenated alkanes) is 10. The highest BCUT2D eigenvalue weighted by molar-refractivity contribution is 5.71. The molecular weight excluding hydrogens is 446 g/mol. The third-order valence-corrected chi connectivity index (χ3v) is 7.26. The van der Waals surface area contributed by atoms with E-state index in [0.29, 0.717) is 23.1 Å². The van der Waals surface area contributed by atoms with E-state index < -0.39 is 11.6 Å². The third-order valence-electron chi connectivity index (χ3n) is 7.26. The Bertz CT molecular complexity index is 1020. The largest absolute Gasteiger partial charge is 0.203 e. The van der Waals surface area contributed by atoms with Crippen molar-refractivity contribution < 1.29 is 8.78 Å². The van der Waals surface area contributed by atoms with Crippen LogP contribution in [-0.4, -0.2) is 0 Å². The molecule has 0 spiro atoms. The van der Waals surface area contributed by atoms with Gasteiger partial charge in [-0.2, -0.15) is 0 Å². The van der Waals surface area contributed by atoms with Crippen molar-refractivity contribution in [2.24, 2.45) is 0 Å². The van der Waals surface area contributed by atoms with Crippen LogP contribution in [0, 0.1) is 11.6 Å². The highest BCUT2D eigenvalue weighted by atomic mass is 19.2. The predicted octanol–water partition coefficient (Wildman–Crippen LogP) is 11.1. The van der Waals surface area contributed by atoms with Crippen LogP contribution < -0.4 is 0 Å². The normalized spacial score (nSPS) is 11.2. The second-order valence-electron chi connectivity index (χ2n) is 10.2. The number of aryl methyl sites for hydroxylation is 2.